The highest BCUT2D eigenvalue weighted by Crippen LogP contribution is 2.25. The number of rotatable bonds is 0. The fourth-order valence-corrected chi connectivity index (χ4v) is 2.47. The van der Waals surface area contributed by atoms with E-state index in [0.29, 0.717) is 17.7 Å². The Balaban J connectivity index is 2.05. The van der Waals surface area contributed by atoms with E-state index in [1.165, 1.54) is 25.7 Å². The van der Waals surface area contributed by atoms with Gasteiger partial charge in [0.1, 0.15) is 5.78 Å². The fourth-order valence-electron chi connectivity index (χ4n) is 2.47. The Morgan fingerprint density at radius 2 is 2.09 bits per heavy atom. The minimum absolute atomic E-state index is 0.428. The summed E-state index contributed by atoms with van der Waals surface area (Å²) in [5.41, 5.74) is 0. The van der Waals surface area contributed by atoms with Crippen LogP contribution in [0.2, 0.25) is 0 Å². The molecule has 2 aliphatic rings. The van der Waals surface area contributed by atoms with Gasteiger partial charge in [-0.3, -0.25) is 4.79 Å². The lowest BCUT2D eigenvalue weighted by Gasteiger charge is -2.31. The number of hydrogen-bond acceptors (Lipinski definition) is 1. The van der Waals surface area contributed by atoms with Crippen LogP contribution in [-0.4, -0.2) is 18.4 Å². The molecule has 0 aromatic rings. The number of ketones is 1. The largest absolute Gasteiger partial charge is 0.343 e. The molecular formula is C9H16NO+. The quantitative estimate of drug-likeness (QED) is 0.527. The number of nitrogens with two attached hydrogens (primary N) is 1. The van der Waals surface area contributed by atoms with Crippen LogP contribution in [0.5, 0.6) is 0 Å². The first-order chi connectivity index (χ1) is 5.38. The zero-order chi connectivity index (χ0) is 7.68. The van der Waals surface area contributed by atoms with Crippen molar-refractivity contribution < 1.29 is 10.1 Å². The van der Waals surface area contributed by atoms with E-state index in [-0.39, 0.29) is 0 Å². The molecule has 0 bridgehead atoms. The molecule has 0 unspecified atom stereocenters. The van der Waals surface area contributed by atoms with Gasteiger partial charge in [-0.25, -0.2) is 0 Å². The first-order valence-corrected chi connectivity index (χ1v) is 4.74. The lowest BCUT2D eigenvalue weighted by molar-refractivity contribution is -0.699. The molecule has 0 aromatic heterocycles. The SMILES string of the molecule is O=C1CC[NH2+][C@@H]2CCCC[C@H]12. The summed E-state index contributed by atoms with van der Waals surface area (Å²) in [5.74, 6) is 0.967. The average Bonchev–Trinajstić information content (AvgIpc) is 2.06. The number of fused-ring (bicyclic) bond motifs is 1. The molecule has 1 saturated heterocycles. The van der Waals surface area contributed by atoms with Gasteiger partial charge in [-0.1, -0.05) is 6.42 Å². The molecule has 1 heterocycles. The van der Waals surface area contributed by atoms with Gasteiger partial charge in [-0.15, -0.1) is 0 Å². The first kappa shape index (κ1) is 7.29. The average molecular weight is 154 g/mol. The molecular weight excluding hydrogens is 138 g/mol. The molecule has 0 aromatic carbocycles. The van der Waals surface area contributed by atoms with Gasteiger partial charge in [0.25, 0.3) is 0 Å². The Kier molecular flexibility index (Phi) is 1.95. The van der Waals surface area contributed by atoms with Gasteiger partial charge in [-0.05, 0) is 12.8 Å². The summed E-state index contributed by atoms with van der Waals surface area (Å²) >= 11 is 0. The van der Waals surface area contributed by atoms with Crippen LogP contribution in [0.15, 0.2) is 0 Å². The molecule has 0 radical (unpaired) electrons. The van der Waals surface area contributed by atoms with Gasteiger partial charge in [0, 0.05) is 6.42 Å². The lowest BCUT2D eigenvalue weighted by atomic mass is 9.79. The molecule has 2 atom stereocenters. The Morgan fingerprint density at radius 3 is 2.91 bits per heavy atom. The van der Waals surface area contributed by atoms with Crippen LogP contribution in [0, 0.1) is 5.92 Å². The van der Waals surface area contributed by atoms with Crippen LogP contribution in [0.1, 0.15) is 32.1 Å². The Labute approximate surface area is 67.4 Å². The number of carbonyl (C=O) groups is 1. The summed E-state index contributed by atoms with van der Waals surface area (Å²) in [6.07, 6.45) is 5.88. The molecule has 2 fully saturated rings. The van der Waals surface area contributed by atoms with Crippen LogP contribution >= 0.6 is 0 Å². The summed E-state index contributed by atoms with van der Waals surface area (Å²) in [6.45, 7) is 1.04. The van der Waals surface area contributed by atoms with Gasteiger partial charge in [0.15, 0.2) is 0 Å². The molecule has 0 spiro atoms. The Hall–Kier alpha value is -0.370. The molecule has 0 amide bonds. The maximum absolute atomic E-state index is 11.4. The van der Waals surface area contributed by atoms with Crippen LogP contribution in [0.3, 0.4) is 0 Å². The fraction of sp³-hybridized carbons (Fsp3) is 0.889. The van der Waals surface area contributed by atoms with E-state index in [4.69, 9.17) is 0 Å². The minimum Gasteiger partial charge on any atom is -0.343 e. The number of hydrogen-bond donors (Lipinski definition) is 1. The van der Waals surface area contributed by atoms with Crippen LogP contribution in [0.25, 0.3) is 0 Å². The predicted octanol–water partition coefficient (Wildman–Crippen LogP) is 0.0814. The highest BCUT2D eigenvalue weighted by molar-refractivity contribution is 5.82. The third-order valence-electron chi connectivity index (χ3n) is 3.09. The van der Waals surface area contributed by atoms with Crippen molar-refractivity contribution in [3.63, 3.8) is 0 Å². The predicted molar refractivity (Wildman–Crippen MR) is 42.2 cm³/mol. The molecule has 2 heteroatoms. The topological polar surface area (TPSA) is 33.7 Å². The summed E-state index contributed by atoms with van der Waals surface area (Å²) in [4.78, 5) is 11.4. The summed E-state index contributed by atoms with van der Waals surface area (Å²) < 4.78 is 0. The minimum atomic E-state index is 0.428. The summed E-state index contributed by atoms with van der Waals surface area (Å²) in [5, 5.41) is 2.38. The van der Waals surface area contributed by atoms with Crippen LogP contribution < -0.4 is 5.32 Å². The first-order valence-electron chi connectivity index (χ1n) is 4.74. The monoisotopic (exact) mass is 154 g/mol. The number of quaternary nitrogens is 1. The van der Waals surface area contributed by atoms with Gasteiger partial charge in [0.05, 0.1) is 24.9 Å². The van der Waals surface area contributed by atoms with E-state index in [2.05, 4.69) is 5.32 Å². The third-order valence-corrected chi connectivity index (χ3v) is 3.09. The third kappa shape index (κ3) is 1.32. The maximum atomic E-state index is 11.4. The van der Waals surface area contributed by atoms with Crippen molar-refractivity contribution in [2.75, 3.05) is 6.54 Å². The lowest BCUT2D eigenvalue weighted by Crippen LogP contribution is -2.94. The molecule has 2 nitrogen and oxygen atoms in total. The van der Waals surface area contributed by atoms with Gasteiger partial charge in [0.2, 0.25) is 0 Å². The van der Waals surface area contributed by atoms with Crippen molar-refractivity contribution in [2.45, 2.75) is 38.1 Å². The van der Waals surface area contributed by atoms with E-state index >= 15 is 0 Å². The van der Waals surface area contributed by atoms with Crippen molar-refractivity contribution in [3.8, 4) is 0 Å². The molecule has 1 aliphatic heterocycles. The maximum Gasteiger partial charge on any atom is 0.147 e. The molecule has 1 saturated carbocycles. The van der Waals surface area contributed by atoms with E-state index in [1.807, 2.05) is 0 Å². The molecule has 1 aliphatic carbocycles. The van der Waals surface area contributed by atoms with Crippen molar-refractivity contribution in [3.05, 3.63) is 0 Å². The van der Waals surface area contributed by atoms with Crippen molar-refractivity contribution in [1.29, 1.82) is 0 Å². The summed E-state index contributed by atoms with van der Waals surface area (Å²) in [7, 11) is 0. The second-order valence-corrected chi connectivity index (χ2v) is 3.80. The molecule has 11 heavy (non-hydrogen) atoms. The van der Waals surface area contributed by atoms with E-state index < -0.39 is 0 Å². The van der Waals surface area contributed by atoms with E-state index in [9.17, 15) is 4.79 Å². The standard InChI is InChI=1S/C9H15NO/c11-9-5-6-10-8-4-2-1-3-7(8)9/h7-8,10H,1-6H2/p+1/t7-,8+/m0/s1. The zero-order valence-electron chi connectivity index (χ0n) is 6.88. The van der Waals surface area contributed by atoms with Crippen molar-refractivity contribution >= 4 is 5.78 Å². The second kappa shape index (κ2) is 2.94. The number of Topliss-reactive ketones (excluding diaryl/α,β-unsaturated/α-hetero) is 1. The van der Waals surface area contributed by atoms with Crippen molar-refractivity contribution in [2.24, 2.45) is 5.92 Å². The Morgan fingerprint density at radius 1 is 1.27 bits per heavy atom. The highest BCUT2D eigenvalue weighted by Gasteiger charge is 2.36. The molecule has 62 valence electrons. The smallest absolute Gasteiger partial charge is 0.147 e. The zero-order valence-corrected chi connectivity index (χ0v) is 6.88. The van der Waals surface area contributed by atoms with E-state index in [1.54, 1.807) is 0 Å². The molecule has 2 rings (SSSR count). The van der Waals surface area contributed by atoms with Gasteiger partial charge >= 0.3 is 0 Å². The summed E-state index contributed by atoms with van der Waals surface area (Å²) in [6, 6.07) is 0.657. The number of piperidine rings is 1. The van der Waals surface area contributed by atoms with Crippen LogP contribution in [-0.2, 0) is 4.79 Å². The van der Waals surface area contributed by atoms with Crippen molar-refractivity contribution in [1.82, 2.24) is 0 Å². The highest BCUT2D eigenvalue weighted by atomic mass is 16.1. The van der Waals surface area contributed by atoms with Gasteiger partial charge in [-0.2, -0.15) is 0 Å². The Bertz CT molecular complexity index is 165. The second-order valence-electron chi connectivity index (χ2n) is 3.80. The molecule has 2 N–H and O–H groups in total. The van der Waals surface area contributed by atoms with E-state index in [0.717, 1.165) is 13.0 Å². The van der Waals surface area contributed by atoms with Gasteiger partial charge < -0.3 is 5.32 Å². The normalized spacial score (nSPS) is 38.4. The van der Waals surface area contributed by atoms with Crippen LogP contribution in [0.4, 0.5) is 0 Å². The number of carbonyl (C=O) groups excluding carboxylic acids is 1.